The second-order valence-corrected chi connectivity index (χ2v) is 7.18. The molecule has 0 unspecified atom stereocenters. The monoisotopic (exact) mass is 443 g/mol. The van der Waals surface area contributed by atoms with E-state index in [2.05, 4.69) is 16.0 Å². The molecule has 1 aliphatic heterocycles. The lowest BCUT2D eigenvalue weighted by Crippen LogP contribution is -2.34. The number of rotatable bonds is 5. The van der Waals surface area contributed by atoms with E-state index in [-0.39, 0.29) is 5.91 Å². The third-order valence-electron chi connectivity index (χ3n) is 5.07. The second kappa shape index (κ2) is 9.27. The highest BCUT2D eigenvalue weighted by molar-refractivity contribution is 6.35. The van der Waals surface area contributed by atoms with E-state index in [1.807, 2.05) is 24.3 Å². The number of methoxy groups -OCH3 is 2. The van der Waals surface area contributed by atoms with E-state index in [1.54, 1.807) is 55.7 Å². The molecule has 0 aromatic heterocycles. The molecule has 4 rings (SSSR count). The number of hydrogen-bond donors (Lipinski definition) is 3. The molecule has 1 heterocycles. The van der Waals surface area contributed by atoms with Crippen LogP contribution in [0.15, 0.2) is 66.7 Å². The molecule has 3 N–H and O–H groups in total. The van der Waals surface area contributed by atoms with Gasteiger partial charge < -0.3 is 20.1 Å². The van der Waals surface area contributed by atoms with Crippen LogP contribution in [0.5, 0.6) is 11.5 Å². The summed E-state index contributed by atoms with van der Waals surface area (Å²) in [5.74, 6) is 0.552. The Morgan fingerprint density at radius 2 is 1.52 bits per heavy atom. The van der Waals surface area contributed by atoms with E-state index in [9.17, 15) is 14.4 Å². The van der Waals surface area contributed by atoms with Gasteiger partial charge in [0.25, 0.3) is 11.8 Å². The standard InChI is InChI=1S/C25H21N3O5/c1-32-18-8-3-15(4-9-18)13-21-20-12-7-17(14-22(20)27-24(21)30)26-25(31)28-23(29)16-5-10-19(33-2)11-6-16/h3-14H,1-2H3,(H,27,30)(H2,26,28,29,31)/b21-13+. The Kier molecular flexibility index (Phi) is 6.08. The lowest BCUT2D eigenvalue weighted by molar-refractivity contribution is -0.110. The molecule has 0 fully saturated rings. The average Bonchev–Trinajstić information content (AvgIpc) is 3.13. The summed E-state index contributed by atoms with van der Waals surface area (Å²) in [4.78, 5) is 37.0. The maximum Gasteiger partial charge on any atom is 0.326 e. The Morgan fingerprint density at radius 3 is 2.15 bits per heavy atom. The van der Waals surface area contributed by atoms with Gasteiger partial charge in [-0.25, -0.2) is 4.79 Å². The Labute approximate surface area is 190 Å². The molecular weight excluding hydrogens is 422 g/mol. The predicted octanol–water partition coefficient (Wildman–Crippen LogP) is 4.16. The van der Waals surface area contributed by atoms with Gasteiger partial charge in [-0.1, -0.05) is 18.2 Å². The number of carbonyl (C=O) groups excluding carboxylic acids is 3. The first-order valence-corrected chi connectivity index (χ1v) is 10.0. The van der Waals surface area contributed by atoms with Gasteiger partial charge in [0.2, 0.25) is 0 Å². The minimum Gasteiger partial charge on any atom is -0.497 e. The molecule has 8 heteroatoms. The van der Waals surface area contributed by atoms with Gasteiger partial charge in [-0.2, -0.15) is 0 Å². The van der Waals surface area contributed by atoms with Crippen LogP contribution in [0.2, 0.25) is 0 Å². The van der Waals surface area contributed by atoms with E-state index in [0.717, 1.165) is 16.9 Å². The van der Waals surface area contributed by atoms with Crippen molar-refractivity contribution in [3.8, 4) is 11.5 Å². The number of urea groups is 1. The van der Waals surface area contributed by atoms with Crippen LogP contribution in [-0.2, 0) is 4.79 Å². The van der Waals surface area contributed by atoms with Crippen molar-refractivity contribution in [1.82, 2.24) is 5.32 Å². The molecule has 3 aromatic carbocycles. The normalized spacial score (nSPS) is 13.2. The predicted molar refractivity (Wildman–Crippen MR) is 125 cm³/mol. The molecule has 166 valence electrons. The van der Waals surface area contributed by atoms with Crippen molar-refractivity contribution in [2.75, 3.05) is 24.9 Å². The van der Waals surface area contributed by atoms with E-state index in [4.69, 9.17) is 9.47 Å². The largest absolute Gasteiger partial charge is 0.497 e. The van der Waals surface area contributed by atoms with Crippen molar-refractivity contribution in [1.29, 1.82) is 0 Å². The summed E-state index contributed by atoms with van der Waals surface area (Å²) in [6, 6.07) is 18.1. The summed E-state index contributed by atoms with van der Waals surface area (Å²) in [5.41, 5.74) is 3.41. The molecule has 0 saturated heterocycles. The SMILES string of the molecule is COc1ccc(/C=C2/C(=O)Nc3cc(NC(=O)NC(=O)c4ccc(OC)cc4)ccc32)cc1. The summed E-state index contributed by atoms with van der Waals surface area (Å²) < 4.78 is 10.2. The molecule has 0 bridgehead atoms. The zero-order chi connectivity index (χ0) is 23.4. The molecule has 0 atom stereocenters. The number of anilines is 2. The molecule has 0 spiro atoms. The molecule has 3 aromatic rings. The number of carbonyl (C=O) groups is 3. The molecule has 8 nitrogen and oxygen atoms in total. The first kappa shape index (κ1) is 21.6. The van der Waals surface area contributed by atoms with Crippen LogP contribution < -0.4 is 25.4 Å². The maximum absolute atomic E-state index is 12.5. The van der Waals surface area contributed by atoms with E-state index < -0.39 is 11.9 Å². The number of ether oxygens (including phenoxy) is 2. The van der Waals surface area contributed by atoms with E-state index in [1.165, 1.54) is 7.11 Å². The highest BCUT2D eigenvalue weighted by Gasteiger charge is 2.24. The van der Waals surface area contributed by atoms with Crippen LogP contribution in [0.25, 0.3) is 11.6 Å². The zero-order valence-electron chi connectivity index (χ0n) is 18.0. The van der Waals surface area contributed by atoms with Crippen molar-refractivity contribution in [2.24, 2.45) is 0 Å². The highest BCUT2D eigenvalue weighted by atomic mass is 16.5. The van der Waals surface area contributed by atoms with Crippen molar-refractivity contribution in [3.63, 3.8) is 0 Å². The lowest BCUT2D eigenvalue weighted by Gasteiger charge is -2.09. The number of benzene rings is 3. The maximum atomic E-state index is 12.5. The third-order valence-corrected chi connectivity index (χ3v) is 5.07. The van der Waals surface area contributed by atoms with E-state index in [0.29, 0.717) is 28.3 Å². The van der Waals surface area contributed by atoms with Gasteiger partial charge in [-0.3, -0.25) is 14.9 Å². The number of amides is 4. The minimum absolute atomic E-state index is 0.239. The van der Waals surface area contributed by atoms with Gasteiger partial charge in [-0.05, 0) is 60.2 Å². The first-order valence-electron chi connectivity index (χ1n) is 10.0. The van der Waals surface area contributed by atoms with Gasteiger partial charge in [0.1, 0.15) is 11.5 Å². The van der Waals surface area contributed by atoms with Gasteiger partial charge in [0, 0.05) is 22.4 Å². The topological polar surface area (TPSA) is 106 Å². The van der Waals surface area contributed by atoms with Crippen molar-refractivity contribution in [2.45, 2.75) is 0 Å². The van der Waals surface area contributed by atoms with E-state index >= 15 is 0 Å². The quantitative estimate of drug-likeness (QED) is 0.514. The molecule has 33 heavy (non-hydrogen) atoms. The summed E-state index contributed by atoms with van der Waals surface area (Å²) >= 11 is 0. The van der Waals surface area contributed by atoms with Gasteiger partial charge in [0.15, 0.2) is 0 Å². The van der Waals surface area contributed by atoms with Crippen molar-refractivity contribution in [3.05, 3.63) is 83.4 Å². The summed E-state index contributed by atoms with van der Waals surface area (Å²) in [6.45, 7) is 0. The fourth-order valence-corrected chi connectivity index (χ4v) is 3.36. The number of nitrogens with one attached hydrogen (secondary N) is 3. The summed E-state index contributed by atoms with van der Waals surface area (Å²) in [7, 11) is 3.12. The fraction of sp³-hybridized carbons (Fsp3) is 0.0800. The smallest absolute Gasteiger partial charge is 0.326 e. The van der Waals surface area contributed by atoms with Crippen LogP contribution in [0, 0.1) is 0 Å². The van der Waals surface area contributed by atoms with Crippen molar-refractivity contribution >= 4 is 40.9 Å². The van der Waals surface area contributed by atoms with Gasteiger partial charge in [0.05, 0.1) is 19.9 Å². The molecular formula is C25H21N3O5. The third kappa shape index (κ3) is 4.85. The Hall–Kier alpha value is -4.59. The van der Waals surface area contributed by atoms with Crippen LogP contribution in [-0.4, -0.2) is 32.1 Å². The zero-order valence-corrected chi connectivity index (χ0v) is 18.0. The first-order chi connectivity index (χ1) is 16.0. The second-order valence-electron chi connectivity index (χ2n) is 7.18. The van der Waals surface area contributed by atoms with Gasteiger partial charge >= 0.3 is 6.03 Å². The van der Waals surface area contributed by atoms with Crippen molar-refractivity contribution < 1.29 is 23.9 Å². The average molecular weight is 443 g/mol. The number of imide groups is 1. The molecule has 1 aliphatic rings. The summed E-state index contributed by atoms with van der Waals surface area (Å²) in [5, 5.41) is 7.68. The summed E-state index contributed by atoms with van der Waals surface area (Å²) in [6.07, 6.45) is 1.79. The lowest BCUT2D eigenvalue weighted by atomic mass is 10.0. The number of fused-ring (bicyclic) bond motifs is 1. The fourth-order valence-electron chi connectivity index (χ4n) is 3.36. The molecule has 0 radical (unpaired) electrons. The minimum atomic E-state index is -0.686. The van der Waals surface area contributed by atoms with Crippen LogP contribution in [0.1, 0.15) is 21.5 Å². The Balaban J connectivity index is 1.45. The Morgan fingerprint density at radius 1 is 0.879 bits per heavy atom. The molecule has 0 saturated carbocycles. The van der Waals surface area contributed by atoms with Gasteiger partial charge in [-0.15, -0.1) is 0 Å². The molecule has 4 amide bonds. The van der Waals surface area contributed by atoms with Crippen LogP contribution in [0.3, 0.4) is 0 Å². The molecule has 0 aliphatic carbocycles. The number of hydrogen-bond acceptors (Lipinski definition) is 5. The van der Waals surface area contributed by atoms with Crippen LogP contribution >= 0.6 is 0 Å². The highest BCUT2D eigenvalue weighted by Crippen LogP contribution is 2.35. The van der Waals surface area contributed by atoms with Crippen LogP contribution in [0.4, 0.5) is 16.2 Å². The Bertz CT molecular complexity index is 1250.